The third kappa shape index (κ3) is 3.58. The minimum Gasteiger partial charge on any atom is -0.358 e. The standard InChI is InChI=1S/C28H34N4/c1-14-12-29-23(16(14)3)10-25-18(5)20(7)27(31-25)22(9)28-21(8)19(6)26(32-28)11-24-17(4)15(2)13-30-24/h10-13,22,31-32H,1-9H3. The molecule has 2 aromatic heterocycles. The lowest BCUT2D eigenvalue weighted by molar-refractivity contribution is 0.832. The Morgan fingerprint density at radius 2 is 1.00 bits per heavy atom. The second-order valence-corrected chi connectivity index (χ2v) is 9.32. The molecule has 0 saturated carbocycles. The Morgan fingerprint density at radius 3 is 1.31 bits per heavy atom. The Hall–Kier alpha value is -3.14. The molecular formula is C28H34N4. The number of aromatic amines is 2. The van der Waals surface area contributed by atoms with Gasteiger partial charge in [-0.25, -0.2) is 0 Å². The highest BCUT2D eigenvalue weighted by Gasteiger charge is 2.22. The summed E-state index contributed by atoms with van der Waals surface area (Å²) in [7, 11) is 0. The molecule has 0 aromatic carbocycles. The zero-order valence-corrected chi connectivity index (χ0v) is 20.8. The molecule has 4 nitrogen and oxygen atoms in total. The predicted octanol–water partition coefficient (Wildman–Crippen LogP) is 7.25. The number of rotatable bonds is 4. The highest BCUT2D eigenvalue weighted by Crippen LogP contribution is 2.35. The lowest BCUT2D eigenvalue weighted by Gasteiger charge is -2.12. The third-order valence-corrected chi connectivity index (χ3v) is 7.45. The van der Waals surface area contributed by atoms with Crippen LogP contribution in [0.15, 0.2) is 43.7 Å². The third-order valence-electron chi connectivity index (χ3n) is 7.45. The number of nitrogens with zero attached hydrogens (tertiary/aromatic N) is 2. The van der Waals surface area contributed by atoms with Crippen molar-refractivity contribution in [1.82, 2.24) is 9.97 Å². The second-order valence-electron chi connectivity index (χ2n) is 9.32. The van der Waals surface area contributed by atoms with Crippen molar-refractivity contribution in [2.45, 2.75) is 68.2 Å². The van der Waals surface area contributed by atoms with E-state index in [2.05, 4.69) is 94.4 Å². The van der Waals surface area contributed by atoms with E-state index in [1.54, 1.807) is 0 Å². The minimum atomic E-state index is 0.225. The lowest BCUT2D eigenvalue weighted by atomic mass is 9.96. The molecule has 0 aliphatic carbocycles. The van der Waals surface area contributed by atoms with Crippen molar-refractivity contribution in [3.05, 3.63) is 78.7 Å². The Morgan fingerprint density at radius 1 is 0.625 bits per heavy atom. The maximum atomic E-state index is 4.58. The van der Waals surface area contributed by atoms with E-state index in [9.17, 15) is 0 Å². The molecule has 2 aliphatic heterocycles. The van der Waals surface area contributed by atoms with Crippen molar-refractivity contribution < 1.29 is 0 Å². The van der Waals surface area contributed by atoms with Gasteiger partial charge in [0, 0.05) is 41.1 Å². The summed E-state index contributed by atoms with van der Waals surface area (Å²) < 4.78 is 0. The molecule has 0 fully saturated rings. The highest BCUT2D eigenvalue weighted by molar-refractivity contribution is 5.88. The van der Waals surface area contributed by atoms with Crippen LogP contribution in [0, 0.1) is 27.7 Å². The molecule has 4 heterocycles. The second kappa shape index (κ2) is 8.09. The molecule has 32 heavy (non-hydrogen) atoms. The lowest BCUT2D eigenvalue weighted by Crippen LogP contribution is -2.01. The smallest absolute Gasteiger partial charge is 0.0682 e. The number of hydrogen-bond acceptors (Lipinski definition) is 2. The number of allylic oxidation sites excluding steroid dienone is 4. The van der Waals surface area contributed by atoms with Crippen molar-refractivity contribution in [2.24, 2.45) is 9.98 Å². The molecule has 4 rings (SSSR count). The van der Waals surface area contributed by atoms with Gasteiger partial charge in [0.05, 0.1) is 11.4 Å². The van der Waals surface area contributed by atoms with Crippen LogP contribution in [0.2, 0.25) is 0 Å². The monoisotopic (exact) mass is 426 g/mol. The normalized spacial score (nSPS) is 19.5. The van der Waals surface area contributed by atoms with Crippen molar-refractivity contribution in [3.63, 3.8) is 0 Å². The van der Waals surface area contributed by atoms with Crippen LogP contribution < -0.4 is 0 Å². The van der Waals surface area contributed by atoms with E-state index in [1.165, 1.54) is 55.9 Å². The largest absolute Gasteiger partial charge is 0.358 e. The van der Waals surface area contributed by atoms with Crippen LogP contribution in [-0.4, -0.2) is 22.4 Å². The molecule has 0 atom stereocenters. The van der Waals surface area contributed by atoms with Crippen molar-refractivity contribution in [2.75, 3.05) is 0 Å². The van der Waals surface area contributed by atoms with Crippen LogP contribution in [0.25, 0.3) is 12.2 Å². The predicted molar refractivity (Wildman–Crippen MR) is 138 cm³/mol. The number of aromatic nitrogens is 2. The summed E-state index contributed by atoms with van der Waals surface area (Å²) in [4.78, 5) is 16.6. The van der Waals surface area contributed by atoms with Crippen LogP contribution >= 0.6 is 0 Å². The van der Waals surface area contributed by atoms with E-state index < -0.39 is 0 Å². The Balaban J connectivity index is 1.71. The van der Waals surface area contributed by atoms with Crippen molar-refractivity contribution in [1.29, 1.82) is 0 Å². The minimum absolute atomic E-state index is 0.225. The summed E-state index contributed by atoms with van der Waals surface area (Å²) in [6.45, 7) is 19.6. The molecule has 166 valence electrons. The zero-order valence-electron chi connectivity index (χ0n) is 20.8. The molecule has 2 aromatic rings. The maximum Gasteiger partial charge on any atom is 0.0682 e. The maximum absolute atomic E-state index is 4.58. The van der Waals surface area contributed by atoms with Gasteiger partial charge in [0.25, 0.3) is 0 Å². The van der Waals surface area contributed by atoms with Gasteiger partial charge in [-0.15, -0.1) is 0 Å². The molecule has 4 heteroatoms. The van der Waals surface area contributed by atoms with Gasteiger partial charge in [-0.1, -0.05) is 6.92 Å². The summed E-state index contributed by atoms with van der Waals surface area (Å²) in [6, 6.07) is 0. The van der Waals surface area contributed by atoms with Crippen LogP contribution in [-0.2, 0) is 0 Å². The van der Waals surface area contributed by atoms with E-state index in [4.69, 9.17) is 0 Å². The summed E-state index contributed by atoms with van der Waals surface area (Å²) in [6.07, 6.45) is 8.26. The quantitative estimate of drug-likeness (QED) is 0.517. The molecule has 2 N–H and O–H groups in total. The van der Waals surface area contributed by atoms with E-state index in [-0.39, 0.29) is 5.92 Å². The van der Waals surface area contributed by atoms with Crippen molar-refractivity contribution >= 4 is 24.6 Å². The topological polar surface area (TPSA) is 56.3 Å². The van der Waals surface area contributed by atoms with E-state index in [0.717, 1.165) is 22.8 Å². The molecule has 2 aliphatic rings. The number of H-pyrrole nitrogens is 2. The van der Waals surface area contributed by atoms with Gasteiger partial charge in [-0.3, -0.25) is 9.98 Å². The number of aliphatic imine (C=N–C) groups is 2. The van der Waals surface area contributed by atoms with Crippen LogP contribution in [0.5, 0.6) is 0 Å². The molecule has 0 amide bonds. The zero-order chi connectivity index (χ0) is 23.3. The molecule has 0 spiro atoms. The molecule has 0 bridgehead atoms. The van der Waals surface area contributed by atoms with Gasteiger partial charge in [-0.05, 0) is 112 Å². The summed E-state index contributed by atoms with van der Waals surface area (Å²) in [5, 5.41) is 0. The van der Waals surface area contributed by atoms with Crippen LogP contribution in [0.1, 0.15) is 85.6 Å². The van der Waals surface area contributed by atoms with Gasteiger partial charge in [0.1, 0.15) is 0 Å². The Labute approximate surface area is 191 Å². The SMILES string of the molecule is CC1=C(C)C(=Cc2[nH]c(C(C)c3[nH]c(C=C4N=CC(C)=C4C)c(C)c3C)c(C)c2C)N=C1. The van der Waals surface area contributed by atoms with Gasteiger partial charge in [0.2, 0.25) is 0 Å². The van der Waals surface area contributed by atoms with Gasteiger partial charge >= 0.3 is 0 Å². The fraction of sp³-hybridized carbons (Fsp3) is 0.357. The first kappa shape index (κ1) is 22.1. The fourth-order valence-electron chi connectivity index (χ4n) is 4.46. The van der Waals surface area contributed by atoms with Gasteiger partial charge < -0.3 is 9.97 Å². The average Bonchev–Trinajstić information content (AvgIpc) is 3.44. The first-order valence-electron chi connectivity index (χ1n) is 11.4. The number of hydrogen-bond donors (Lipinski definition) is 2. The molecule has 0 radical (unpaired) electrons. The first-order chi connectivity index (χ1) is 15.1. The molecular weight excluding hydrogens is 392 g/mol. The van der Waals surface area contributed by atoms with Crippen LogP contribution in [0.3, 0.4) is 0 Å². The molecule has 0 saturated heterocycles. The first-order valence-corrected chi connectivity index (χ1v) is 11.4. The summed E-state index contributed by atoms with van der Waals surface area (Å²) >= 11 is 0. The average molecular weight is 427 g/mol. The van der Waals surface area contributed by atoms with E-state index in [0.29, 0.717) is 0 Å². The fourth-order valence-corrected chi connectivity index (χ4v) is 4.46. The van der Waals surface area contributed by atoms with Crippen molar-refractivity contribution in [3.8, 4) is 0 Å². The van der Waals surface area contributed by atoms with E-state index >= 15 is 0 Å². The Bertz CT molecular complexity index is 1200. The van der Waals surface area contributed by atoms with Crippen LogP contribution in [0.4, 0.5) is 0 Å². The van der Waals surface area contributed by atoms with E-state index in [1.807, 2.05) is 12.4 Å². The molecule has 0 unspecified atom stereocenters. The summed E-state index contributed by atoms with van der Waals surface area (Å²) in [5.74, 6) is 0.225. The summed E-state index contributed by atoms with van der Waals surface area (Å²) in [5.41, 5.74) is 17.0. The van der Waals surface area contributed by atoms with Gasteiger partial charge in [-0.2, -0.15) is 0 Å². The highest BCUT2D eigenvalue weighted by atomic mass is 14.8. The Kier molecular flexibility index (Phi) is 5.58. The number of nitrogens with one attached hydrogen (secondary N) is 2. The van der Waals surface area contributed by atoms with Gasteiger partial charge in [0.15, 0.2) is 0 Å².